The summed E-state index contributed by atoms with van der Waals surface area (Å²) in [4.78, 5) is 16.7. The molecule has 0 fully saturated rings. The van der Waals surface area contributed by atoms with E-state index in [1.54, 1.807) is 11.3 Å². The van der Waals surface area contributed by atoms with Gasteiger partial charge >= 0.3 is 0 Å². The number of pyridine rings is 1. The van der Waals surface area contributed by atoms with E-state index in [0.717, 1.165) is 34.1 Å². The number of hydrogen-bond donors (Lipinski definition) is 0. The molecule has 3 aromatic heterocycles. The van der Waals surface area contributed by atoms with E-state index >= 15 is 0 Å². The summed E-state index contributed by atoms with van der Waals surface area (Å²) in [5.41, 5.74) is 2.28. The van der Waals surface area contributed by atoms with Gasteiger partial charge in [-0.3, -0.25) is 4.98 Å². The Labute approximate surface area is 122 Å². The zero-order valence-electron chi connectivity index (χ0n) is 11.8. The Morgan fingerprint density at radius 2 is 2.05 bits per heavy atom. The minimum absolute atomic E-state index is 0.744. The first-order chi connectivity index (χ1) is 9.65. The summed E-state index contributed by atoms with van der Waals surface area (Å²) in [5, 5.41) is 3.17. The maximum absolute atomic E-state index is 4.59. The summed E-state index contributed by atoms with van der Waals surface area (Å²) >= 11 is 1.65. The molecule has 0 aliphatic heterocycles. The lowest BCUT2D eigenvalue weighted by atomic mass is 10.2. The van der Waals surface area contributed by atoms with Gasteiger partial charge in [-0.25, -0.2) is 9.97 Å². The van der Waals surface area contributed by atoms with E-state index in [9.17, 15) is 0 Å². The molecule has 0 N–H and O–H groups in total. The Morgan fingerprint density at radius 1 is 1.20 bits per heavy atom. The topological polar surface area (TPSA) is 41.9 Å². The summed E-state index contributed by atoms with van der Waals surface area (Å²) in [7, 11) is 2.05. The Kier molecular flexibility index (Phi) is 3.36. The van der Waals surface area contributed by atoms with Crippen molar-refractivity contribution in [2.24, 2.45) is 0 Å². The summed E-state index contributed by atoms with van der Waals surface area (Å²) < 4.78 is 0. The van der Waals surface area contributed by atoms with Crippen LogP contribution >= 0.6 is 11.3 Å². The smallest absolute Gasteiger partial charge is 0.141 e. The van der Waals surface area contributed by atoms with Gasteiger partial charge in [0.05, 0.1) is 17.6 Å². The number of nitrogens with zero attached hydrogens (tertiary/aromatic N) is 4. The van der Waals surface area contributed by atoms with Crippen LogP contribution < -0.4 is 4.90 Å². The molecule has 0 saturated carbocycles. The number of aryl methyl sites for hydroxylation is 2. The highest BCUT2D eigenvalue weighted by Crippen LogP contribution is 2.27. The zero-order chi connectivity index (χ0) is 14.1. The highest BCUT2D eigenvalue weighted by Gasteiger charge is 2.12. The van der Waals surface area contributed by atoms with Crippen LogP contribution in [0.3, 0.4) is 0 Å². The van der Waals surface area contributed by atoms with Crippen LogP contribution in [0.5, 0.6) is 0 Å². The maximum atomic E-state index is 4.59. The third-order valence-corrected chi connectivity index (χ3v) is 4.09. The van der Waals surface area contributed by atoms with Crippen molar-refractivity contribution in [1.82, 2.24) is 15.0 Å². The standard InChI is InChI=1S/C15H16N4S/c1-10-5-4-7-16-13(10)9-19(3)14-12-6-8-20-15(12)18-11(2)17-14/h4-8H,9H2,1-3H3. The van der Waals surface area contributed by atoms with Gasteiger partial charge in [0, 0.05) is 13.2 Å². The van der Waals surface area contributed by atoms with Gasteiger partial charge in [0.2, 0.25) is 0 Å². The fourth-order valence-corrected chi connectivity index (χ4v) is 3.02. The molecule has 0 unspecified atom stereocenters. The summed E-state index contributed by atoms with van der Waals surface area (Å²) in [6, 6.07) is 6.13. The van der Waals surface area contributed by atoms with Crippen LogP contribution in [-0.4, -0.2) is 22.0 Å². The largest absolute Gasteiger partial charge is 0.353 e. The molecule has 0 aromatic carbocycles. The number of fused-ring (bicyclic) bond motifs is 1. The fraction of sp³-hybridized carbons (Fsp3) is 0.267. The van der Waals surface area contributed by atoms with Crippen molar-refractivity contribution < 1.29 is 0 Å². The monoisotopic (exact) mass is 284 g/mol. The molecule has 0 aliphatic carbocycles. The second-order valence-electron chi connectivity index (χ2n) is 4.86. The van der Waals surface area contributed by atoms with Gasteiger partial charge in [-0.15, -0.1) is 11.3 Å². The minimum atomic E-state index is 0.744. The van der Waals surface area contributed by atoms with E-state index in [1.165, 1.54) is 5.56 Å². The summed E-state index contributed by atoms with van der Waals surface area (Å²) in [5.74, 6) is 1.78. The highest BCUT2D eigenvalue weighted by molar-refractivity contribution is 7.16. The van der Waals surface area contributed by atoms with Gasteiger partial charge in [0.25, 0.3) is 0 Å². The molecule has 0 atom stereocenters. The van der Waals surface area contributed by atoms with E-state index in [1.807, 2.05) is 26.2 Å². The zero-order valence-corrected chi connectivity index (χ0v) is 12.6. The van der Waals surface area contributed by atoms with Crippen molar-refractivity contribution >= 4 is 27.4 Å². The molecule has 0 bridgehead atoms. The molecule has 20 heavy (non-hydrogen) atoms. The molecular formula is C15H16N4S. The lowest BCUT2D eigenvalue weighted by Crippen LogP contribution is -2.20. The van der Waals surface area contributed by atoms with Gasteiger partial charge in [0.15, 0.2) is 0 Å². The first kappa shape index (κ1) is 13.0. The molecule has 0 spiro atoms. The van der Waals surface area contributed by atoms with Crippen LogP contribution in [0.25, 0.3) is 10.2 Å². The number of hydrogen-bond acceptors (Lipinski definition) is 5. The molecule has 0 radical (unpaired) electrons. The van der Waals surface area contributed by atoms with Crippen molar-refractivity contribution in [2.75, 3.05) is 11.9 Å². The average molecular weight is 284 g/mol. The quantitative estimate of drug-likeness (QED) is 0.739. The predicted octanol–water partition coefficient (Wildman–Crippen LogP) is 3.34. The molecular weight excluding hydrogens is 268 g/mol. The number of aromatic nitrogens is 3. The fourth-order valence-electron chi connectivity index (χ4n) is 2.22. The van der Waals surface area contributed by atoms with Crippen molar-refractivity contribution in [1.29, 1.82) is 0 Å². The van der Waals surface area contributed by atoms with Gasteiger partial charge in [-0.05, 0) is 36.9 Å². The van der Waals surface area contributed by atoms with E-state index in [-0.39, 0.29) is 0 Å². The van der Waals surface area contributed by atoms with E-state index in [0.29, 0.717) is 0 Å². The van der Waals surface area contributed by atoms with Gasteiger partial charge < -0.3 is 4.90 Å². The molecule has 3 rings (SSSR count). The third kappa shape index (κ3) is 2.36. The molecule has 5 heteroatoms. The molecule has 0 saturated heterocycles. The number of anilines is 1. The number of thiophene rings is 1. The third-order valence-electron chi connectivity index (χ3n) is 3.28. The Bertz CT molecular complexity index is 750. The molecule has 4 nitrogen and oxygen atoms in total. The van der Waals surface area contributed by atoms with E-state index < -0.39 is 0 Å². The summed E-state index contributed by atoms with van der Waals surface area (Å²) in [6.45, 7) is 4.76. The second kappa shape index (κ2) is 5.17. The molecule has 0 aliphatic rings. The van der Waals surface area contributed by atoms with E-state index in [4.69, 9.17) is 0 Å². The van der Waals surface area contributed by atoms with Crippen molar-refractivity contribution in [3.8, 4) is 0 Å². The van der Waals surface area contributed by atoms with Gasteiger partial charge in [-0.1, -0.05) is 6.07 Å². The average Bonchev–Trinajstić information content (AvgIpc) is 2.88. The predicted molar refractivity (Wildman–Crippen MR) is 83.2 cm³/mol. The molecule has 0 amide bonds. The van der Waals surface area contributed by atoms with Crippen LogP contribution in [0.4, 0.5) is 5.82 Å². The Morgan fingerprint density at radius 3 is 2.85 bits per heavy atom. The number of rotatable bonds is 3. The minimum Gasteiger partial charge on any atom is -0.353 e. The Balaban J connectivity index is 1.98. The summed E-state index contributed by atoms with van der Waals surface area (Å²) in [6.07, 6.45) is 1.83. The molecule has 102 valence electrons. The van der Waals surface area contributed by atoms with Crippen molar-refractivity contribution in [2.45, 2.75) is 20.4 Å². The maximum Gasteiger partial charge on any atom is 0.141 e. The molecule has 3 heterocycles. The van der Waals surface area contributed by atoms with E-state index in [2.05, 4.69) is 44.3 Å². The van der Waals surface area contributed by atoms with Crippen LogP contribution in [-0.2, 0) is 6.54 Å². The molecule has 3 aromatic rings. The highest BCUT2D eigenvalue weighted by atomic mass is 32.1. The van der Waals surface area contributed by atoms with Crippen LogP contribution in [0.15, 0.2) is 29.8 Å². The van der Waals surface area contributed by atoms with Gasteiger partial charge in [0.1, 0.15) is 16.5 Å². The van der Waals surface area contributed by atoms with Crippen LogP contribution in [0, 0.1) is 13.8 Å². The van der Waals surface area contributed by atoms with Crippen LogP contribution in [0.2, 0.25) is 0 Å². The van der Waals surface area contributed by atoms with Gasteiger partial charge in [-0.2, -0.15) is 0 Å². The first-order valence-corrected chi connectivity index (χ1v) is 7.36. The van der Waals surface area contributed by atoms with Crippen molar-refractivity contribution in [3.05, 3.63) is 46.9 Å². The SMILES string of the molecule is Cc1nc(N(C)Cc2ncccc2C)c2ccsc2n1. The normalized spacial score (nSPS) is 10.9. The van der Waals surface area contributed by atoms with Crippen LogP contribution in [0.1, 0.15) is 17.1 Å². The Hall–Kier alpha value is -2.01. The lowest BCUT2D eigenvalue weighted by Gasteiger charge is -2.19. The second-order valence-corrected chi connectivity index (χ2v) is 5.75. The van der Waals surface area contributed by atoms with Crippen molar-refractivity contribution in [3.63, 3.8) is 0 Å². The first-order valence-electron chi connectivity index (χ1n) is 6.48. The lowest BCUT2D eigenvalue weighted by molar-refractivity contribution is 0.853.